The number of aryl methyl sites for hydroxylation is 1. The summed E-state index contributed by atoms with van der Waals surface area (Å²) in [4.78, 5) is 6.48. The van der Waals surface area contributed by atoms with Gasteiger partial charge in [-0.05, 0) is 19.1 Å². The molecular formula is C16H21N3O. The van der Waals surface area contributed by atoms with Crippen molar-refractivity contribution in [3.63, 3.8) is 0 Å². The van der Waals surface area contributed by atoms with Gasteiger partial charge in [-0.25, -0.2) is 0 Å². The first kappa shape index (κ1) is 14.3. The number of nitrogens with zero attached hydrogens (tertiary/aromatic N) is 2. The van der Waals surface area contributed by atoms with Gasteiger partial charge in [-0.2, -0.15) is 0 Å². The molecule has 0 atom stereocenters. The van der Waals surface area contributed by atoms with Crippen LogP contribution < -0.4 is 15.4 Å². The lowest BCUT2D eigenvalue weighted by atomic mass is 10.1. The lowest BCUT2D eigenvalue weighted by molar-refractivity contribution is 0.409. The zero-order chi connectivity index (χ0) is 14.5. The third kappa shape index (κ3) is 3.08. The molecular weight excluding hydrogens is 250 g/mol. The van der Waals surface area contributed by atoms with Crippen LogP contribution >= 0.6 is 0 Å². The van der Waals surface area contributed by atoms with Crippen LogP contribution in [0.15, 0.2) is 36.5 Å². The van der Waals surface area contributed by atoms with Crippen LogP contribution in [0.1, 0.15) is 16.8 Å². The van der Waals surface area contributed by atoms with E-state index in [4.69, 9.17) is 10.5 Å². The summed E-state index contributed by atoms with van der Waals surface area (Å²) >= 11 is 0. The fraction of sp³-hybridized carbons (Fsp3) is 0.312. The van der Waals surface area contributed by atoms with Crippen LogP contribution in [0, 0.1) is 6.92 Å². The van der Waals surface area contributed by atoms with Crippen molar-refractivity contribution < 1.29 is 4.74 Å². The smallest absolute Gasteiger partial charge is 0.123 e. The van der Waals surface area contributed by atoms with Crippen LogP contribution in [-0.4, -0.2) is 19.1 Å². The maximum Gasteiger partial charge on any atom is 0.123 e. The van der Waals surface area contributed by atoms with Gasteiger partial charge in [0.2, 0.25) is 0 Å². The Kier molecular flexibility index (Phi) is 4.58. The molecule has 0 unspecified atom stereocenters. The molecule has 106 valence electrons. The van der Waals surface area contributed by atoms with Crippen LogP contribution in [0.5, 0.6) is 5.75 Å². The number of ether oxygens (including phenoxy) is 1. The van der Waals surface area contributed by atoms with Gasteiger partial charge in [0, 0.05) is 48.8 Å². The van der Waals surface area contributed by atoms with Gasteiger partial charge in [0.15, 0.2) is 0 Å². The number of para-hydroxylation sites is 1. The number of benzene rings is 1. The first-order valence-corrected chi connectivity index (χ1v) is 6.64. The number of nitrogens with two attached hydrogens (primary N) is 1. The highest BCUT2D eigenvalue weighted by Gasteiger charge is 2.10. The molecule has 0 aliphatic heterocycles. The fourth-order valence-corrected chi connectivity index (χ4v) is 2.26. The molecule has 0 saturated carbocycles. The van der Waals surface area contributed by atoms with Gasteiger partial charge >= 0.3 is 0 Å². The number of aromatic nitrogens is 1. The summed E-state index contributed by atoms with van der Waals surface area (Å²) < 4.78 is 5.40. The normalized spacial score (nSPS) is 10.4. The quantitative estimate of drug-likeness (QED) is 0.907. The Labute approximate surface area is 120 Å². The molecule has 1 aromatic heterocycles. The number of hydrogen-bond donors (Lipinski definition) is 1. The van der Waals surface area contributed by atoms with Gasteiger partial charge in [0.1, 0.15) is 5.75 Å². The Morgan fingerprint density at radius 2 is 2.00 bits per heavy atom. The molecule has 20 heavy (non-hydrogen) atoms. The fourth-order valence-electron chi connectivity index (χ4n) is 2.26. The minimum Gasteiger partial charge on any atom is -0.496 e. The van der Waals surface area contributed by atoms with E-state index in [-0.39, 0.29) is 0 Å². The van der Waals surface area contributed by atoms with Crippen LogP contribution in [0.25, 0.3) is 0 Å². The van der Waals surface area contributed by atoms with Crippen molar-refractivity contribution in [2.45, 2.75) is 20.0 Å². The zero-order valence-corrected chi connectivity index (χ0v) is 12.3. The predicted molar refractivity (Wildman–Crippen MR) is 82.0 cm³/mol. The van der Waals surface area contributed by atoms with Crippen molar-refractivity contribution in [3.05, 3.63) is 53.3 Å². The van der Waals surface area contributed by atoms with E-state index < -0.39 is 0 Å². The number of rotatable bonds is 5. The van der Waals surface area contributed by atoms with E-state index in [0.29, 0.717) is 6.54 Å². The Morgan fingerprint density at radius 1 is 1.25 bits per heavy atom. The number of hydrogen-bond acceptors (Lipinski definition) is 4. The molecule has 0 aliphatic rings. The third-order valence-corrected chi connectivity index (χ3v) is 3.33. The van der Waals surface area contributed by atoms with Crippen molar-refractivity contribution in [3.8, 4) is 5.75 Å². The van der Waals surface area contributed by atoms with Gasteiger partial charge in [0.05, 0.1) is 7.11 Å². The lowest BCUT2D eigenvalue weighted by Gasteiger charge is -2.23. The molecule has 4 heteroatoms. The highest BCUT2D eigenvalue weighted by Crippen LogP contribution is 2.24. The highest BCUT2D eigenvalue weighted by atomic mass is 16.5. The molecule has 0 amide bonds. The van der Waals surface area contributed by atoms with Crippen molar-refractivity contribution >= 4 is 5.69 Å². The topological polar surface area (TPSA) is 51.4 Å². The van der Waals surface area contributed by atoms with Crippen LogP contribution in [0.4, 0.5) is 5.69 Å². The molecule has 1 aromatic carbocycles. The number of pyridine rings is 1. The Morgan fingerprint density at radius 3 is 2.70 bits per heavy atom. The minimum absolute atomic E-state index is 0.485. The van der Waals surface area contributed by atoms with Crippen molar-refractivity contribution in [2.75, 3.05) is 19.1 Å². The SMILES string of the molecule is COc1ccccc1CN(C)c1cc(C)ncc1CN. The Bertz CT molecular complexity index is 584. The van der Waals surface area contributed by atoms with E-state index in [2.05, 4.69) is 29.1 Å². The summed E-state index contributed by atoms with van der Waals surface area (Å²) in [7, 11) is 3.75. The molecule has 2 rings (SSSR count). The van der Waals surface area contributed by atoms with Crippen molar-refractivity contribution in [1.29, 1.82) is 0 Å². The van der Waals surface area contributed by atoms with Crippen LogP contribution in [0.2, 0.25) is 0 Å². The lowest BCUT2D eigenvalue weighted by Crippen LogP contribution is -2.19. The maximum absolute atomic E-state index is 5.80. The molecule has 0 fully saturated rings. The molecule has 0 spiro atoms. The van der Waals surface area contributed by atoms with E-state index in [1.54, 1.807) is 7.11 Å². The summed E-state index contributed by atoms with van der Waals surface area (Å²) in [5, 5.41) is 0. The minimum atomic E-state index is 0.485. The number of anilines is 1. The summed E-state index contributed by atoms with van der Waals surface area (Å²) in [6.45, 7) is 3.24. The van der Waals surface area contributed by atoms with E-state index >= 15 is 0 Å². The van der Waals surface area contributed by atoms with Crippen molar-refractivity contribution in [2.24, 2.45) is 5.73 Å². The van der Waals surface area contributed by atoms with Gasteiger partial charge in [-0.1, -0.05) is 18.2 Å². The highest BCUT2D eigenvalue weighted by molar-refractivity contribution is 5.54. The largest absolute Gasteiger partial charge is 0.496 e. The van der Waals surface area contributed by atoms with Crippen LogP contribution in [-0.2, 0) is 13.1 Å². The summed E-state index contributed by atoms with van der Waals surface area (Å²) in [5.41, 5.74) is 10.1. The standard InChI is InChI=1S/C16H21N3O/c1-12-8-15(14(9-17)10-18-12)19(2)11-13-6-4-5-7-16(13)20-3/h4-8,10H,9,11,17H2,1-3H3. The van der Waals surface area contributed by atoms with E-state index in [1.165, 1.54) is 0 Å². The van der Waals surface area contributed by atoms with Gasteiger partial charge < -0.3 is 15.4 Å². The average molecular weight is 271 g/mol. The molecule has 0 aliphatic carbocycles. The maximum atomic E-state index is 5.80. The van der Waals surface area contributed by atoms with Crippen LogP contribution in [0.3, 0.4) is 0 Å². The second-order valence-corrected chi connectivity index (χ2v) is 4.83. The van der Waals surface area contributed by atoms with E-state index in [0.717, 1.165) is 34.8 Å². The number of methoxy groups -OCH3 is 1. The Balaban J connectivity index is 2.28. The Hall–Kier alpha value is -2.07. The molecule has 1 heterocycles. The third-order valence-electron chi connectivity index (χ3n) is 3.33. The summed E-state index contributed by atoms with van der Waals surface area (Å²) in [6.07, 6.45) is 1.85. The second-order valence-electron chi connectivity index (χ2n) is 4.83. The molecule has 0 saturated heterocycles. The molecule has 2 N–H and O–H groups in total. The van der Waals surface area contributed by atoms with Gasteiger partial charge in [-0.15, -0.1) is 0 Å². The summed E-state index contributed by atoms with van der Waals surface area (Å²) in [5.74, 6) is 0.902. The van der Waals surface area contributed by atoms with Crippen molar-refractivity contribution in [1.82, 2.24) is 4.98 Å². The first-order valence-electron chi connectivity index (χ1n) is 6.64. The molecule has 0 radical (unpaired) electrons. The zero-order valence-electron chi connectivity index (χ0n) is 12.3. The first-order chi connectivity index (χ1) is 9.65. The summed E-state index contributed by atoms with van der Waals surface area (Å²) in [6, 6.07) is 10.1. The van der Waals surface area contributed by atoms with E-state index in [9.17, 15) is 0 Å². The molecule has 0 bridgehead atoms. The second kappa shape index (κ2) is 6.39. The average Bonchev–Trinajstić information content (AvgIpc) is 2.47. The monoisotopic (exact) mass is 271 g/mol. The van der Waals surface area contributed by atoms with Gasteiger partial charge in [-0.3, -0.25) is 4.98 Å². The predicted octanol–water partition coefficient (Wildman–Crippen LogP) is 2.49. The molecule has 4 nitrogen and oxygen atoms in total. The van der Waals surface area contributed by atoms with Gasteiger partial charge in [0.25, 0.3) is 0 Å². The van der Waals surface area contributed by atoms with E-state index in [1.807, 2.05) is 31.3 Å². The molecule has 2 aromatic rings.